The number of nitrogens with zero attached hydrogens (tertiary/aromatic N) is 1. The maximum atomic E-state index is 12.5. The third-order valence-electron chi connectivity index (χ3n) is 4.41. The van der Waals surface area contributed by atoms with E-state index in [2.05, 4.69) is 10.2 Å². The second kappa shape index (κ2) is 8.73. The van der Waals surface area contributed by atoms with Crippen LogP contribution in [0.15, 0.2) is 28.7 Å². The predicted molar refractivity (Wildman–Crippen MR) is 106 cm³/mol. The fourth-order valence-electron chi connectivity index (χ4n) is 3.01. The Morgan fingerprint density at radius 3 is 2.40 bits per heavy atom. The zero-order valence-corrected chi connectivity index (χ0v) is 16.8. The molecule has 0 aliphatic rings. The van der Waals surface area contributed by atoms with Crippen molar-refractivity contribution in [2.75, 3.05) is 13.2 Å². The van der Waals surface area contributed by atoms with E-state index in [1.807, 2.05) is 6.92 Å². The number of phenolic OH excluding ortho intramolecular Hbond substituents is 2. The molecule has 1 aromatic carbocycles. The number of carbonyl (C=O) groups is 2. The standard InChI is InChI=1S/C21H22N2O7/c1-4-11-9-12(14(25)10-13(11)24)18-17(19(23-22-18)21(27)29-6-3)15-7-8-16(30-15)20(26)28-5-2/h7-10,24-25H,4-6H2,1-3H3,(H,22,23). The van der Waals surface area contributed by atoms with Crippen molar-refractivity contribution in [3.05, 3.63) is 41.3 Å². The molecule has 0 saturated carbocycles. The fraction of sp³-hybridized carbons (Fsp3) is 0.286. The highest BCUT2D eigenvalue weighted by Gasteiger charge is 2.27. The van der Waals surface area contributed by atoms with Crippen molar-refractivity contribution in [1.82, 2.24) is 10.2 Å². The summed E-state index contributed by atoms with van der Waals surface area (Å²) in [5.74, 6) is -1.48. The minimum atomic E-state index is -0.672. The predicted octanol–water partition coefficient (Wildman–Crippen LogP) is 3.66. The van der Waals surface area contributed by atoms with Crippen molar-refractivity contribution in [2.24, 2.45) is 0 Å². The van der Waals surface area contributed by atoms with Crippen LogP contribution in [-0.4, -0.2) is 45.6 Å². The number of aromatic hydroxyl groups is 2. The van der Waals surface area contributed by atoms with Crippen LogP contribution in [0.3, 0.4) is 0 Å². The number of rotatable bonds is 7. The van der Waals surface area contributed by atoms with E-state index >= 15 is 0 Å². The molecule has 0 atom stereocenters. The Morgan fingerprint density at radius 2 is 1.73 bits per heavy atom. The van der Waals surface area contributed by atoms with Gasteiger partial charge in [0.1, 0.15) is 23.0 Å². The van der Waals surface area contributed by atoms with Gasteiger partial charge >= 0.3 is 11.9 Å². The van der Waals surface area contributed by atoms with Gasteiger partial charge in [-0.15, -0.1) is 0 Å². The zero-order valence-electron chi connectivity index (χ0n) is 16.8. The first-order valence-corrected chi connectivity index (χ1v) is 9.49. The van der Waals surface area contributed by atoms with Crippen molar-refractivity contribution < 1.29 is 33.7 Å². The number of benzene rings is 1. The number of aromatic amines is 1. The average Bonchev–Trinajstić information content (AvgIpc) is 3.35. The number of esters is 2. The van der Waals surface area contributed by atoms with Crippen molar-refractivity contribution in [3.8, 4) is 34.1 Å². The van der Waals surface area contributed by atoms with Gasteiger partial charge < -0.3 is 24.1 Å². The molecule has 30 heavy (non-hydrogen) atoms. The van der Waals surface area contributed by atoms with Gasteiger partial charge in [-0.25, -0.2) is 9.59 Å². The maximum absolute atomic E-state index is 12.5. The fourth-order valence-corrected chi connectivity index (χ4v) is 3.01. The zero-order chi connectivity index (χ0) is 21.8. The van der Waals surface area contributed by atoms with Gasteiger partial charge in [0.05, 0.1) is 18.8 Å². The molecule has 0 aliphatic carbocycles. The number of phenols is 2. The molecular formula is C21H22N2O7. The molecule has 0 aliphatic heterocycles. The van der Waals surface area contributed by atoms with Crippen molar-refractivity contribution in [1.29, 1.82) is 0 Å². The first-order chi connectivity index (χ1) is 14.4. The van der Waals surface area contributed by atoms with Crippen LogP contribution in [0.1, 0.15) is 47.4 Å². The highest BCUT2D eigenvalue weighted by Crippen LogP contribution is 2.41. The summed E-state index contributed by atoms with van der Waals surface area (Å²) in [5, 5.41) is 27.2. The normalized spacial score (nSPS) is 10.8. The molecule has 3 aromatic rings. The van der Waals surface area contributed by atoms with E-state index in [1.165, 1.54) is 18.2 Å². The maximum Gasteiger partial charge on any atom is 0.374 e. The number of nitrogens with one attached hydrogen (secondary N) is 1. The number of aromatic nitrogens is 2. The summed E-state index contributed by atoms with van der Waals surface area (Å²) < 4.78 is 15.6. The van der Waals surface area contributed by atoms with Gasteiger partial charge in [-0.3, -0.25) is 5.10 Å². The van der Waals surface area contributed by atoms with Crippen LogP contribution < -0.4 is 0 Å². The van der Waals surface area contributed by atoms with Crippen LogP contribution in [0, 0.1) is 0 Å². The molecule has 0 unspecified atom stereocenters. The van der Waals surface area contributed by atoms with Crippen LogP contribution in [-0.2, 0) is 15.9 Å². The van der Waals surface area contributed by atoms with Gasteiger partial charge in [-0.2, -0.15) is 5.10 Å². The highest BCUT2D eigenvalue weighted by molar-refractivity contribution is 6.00. The lowest BCUT2D eigenvalue weighted by molar-refractivity contribution is 0.0490. The molecule has 0 fully saturated rings. The van der Waals surface area contributed by atoms with E-state index < -0.39 is 11.9 Å². The molecule has 0 amide bonds. The van der Waals surface area contributed by atoms with Crippen molar-refractivity contribution in [3.63, 3.8) is 0 Å². The number of furan rings is 1. The smallest absolute Gasteiger partial charge is 0.374 e. The largest absolute Gasteiger partial charge is 0.508 e. The van der Waals surface area contributed by atoms with Crippen LogP contribution in [0.4, 0.5) is 0 Å². The second-order valence-electron chi connectivity index (χ2n) is 6.28. The summed E-state index contributed by atoms with van der Waals surface area (Å²) in [6.07, 6.45) is 0.511. The Labute approximate surface area is 172 Å². The molecule has 0 saturated heterocycles. The van der Waals surface area contributed by atoms with Crippen LogP contribution >= 0.6 is 0 Å². The van der Waals surface area contributed by atoms with Gasteiger partial charge in [0.2, 0.25) is 5.76 Å². The molecule has 0 spiro atoms. The monoisotopic (exact) mass is 414 g/mol. The summed E-state index contributed by atoms with van der Waals surface area (Å²) in [5.41, 5.74) is 1.28. The quantitative estimate of drug-likeness (QED) is 0.499. The minimum absolute atomic E-state index is 0.00197. The van der Waals surface area contributed by atoms with E-state index in [0.717, 1.165) is 0 Å². The van der Waals surface area contributed by atoms with Crippen molar-refractivity contribution in [2.45, 2.75) is 27.2 Å². The van der Waals surface area contributed by atoms with E-state index in [-0.39, 0.29) is 58.7 Å². The Morgan fingerprint density at radius 1 is 1.03 bits per heavy atom. The molecule has 3 rings (SSSR count). The van der Waals surface area contributed by atoms with E-state index in [0.29, 0.717) is 12.0 Å². The van der Waals surface area contributed by atoms with Gasteiger partial charge in [-0.05, 0) is 44.0 Å². The van der Waals surface area contributed by atoms with Gasteiger partial charge in [0, 0.05) is 11.6 Å². The van der Waals surface area contributed by atoms with Crippen molar-refractivity contribution >= 4 is 11.9 Å². The average molecular weight is 414 g/mol. The summed E-state index contributed by atoms with van der Waals surface area (Å²) in [4.78, 5) is 24.4. The molecule has 9 heteroatoms. The van der Waals surface area contributed by atoms with Gasteiger partial charge in [-0.1, -0.05) is 6.92 Å². The summed E-state index contributed by atoms with van der Waals surface area (Å²) >= 11 is 0. The number of ether oxygens (including phenoxy) is 2. The number of aryl methyl sites for hydroxylation is 1. The Hall–Kier alpha value is -3.75. The molecular weight excluding hydrogens is 392 g/mol. The van der Waals surface area contributed by atoms with E-state index in [9.17, 15) is 19.8 Å². The van der Waals surface area contributed by atoms with Gasteiger partial charge in [0.25, 0.3) is 0 Å². The van der Waals surface area contributed by atoms with E-state index in [1.54, 1.807) is 19.9 Å². The first kappa shape index (κ1) is 21.0. The molecule has 9 nitrogen and oxygen atoms in total. The summed E-state index contributed by atoms with van der Waals surface area (Å²) in [7, 11) is 0. The molecule has 2 heterocycles. The third-order valence-corrected chi connectivity index (χ3v) is 4.41. The minimum Gasteiger partial charge on any atom is -0.508 e. The summed E-state index contributed by atoms with van der Waals surface area (Å²) in [6.45, 7) is 5.52. The third kappa shape index (κ3) is 3.86. The molecule has 0 bridgehead atoms. The lowest BCUT2D eigenvalue weighted by Crippen LogP contribution is -2.06. The second-order valence-corrected chi connectivity index (χ2v) is 6.28. The van der Waals surface area contributed by atoms with Crippen LogP contribution in [0.25, 0.3) is 22.6 Å². The number of hydrogen-bond donors (Lipinski definition) is 3. The lowest BCUT2D eigenvalue weighted by atomic mass is 9.99. The molecule has 0 radical (unpaired) electrons. The SMILES string of the molecule is CCOC(=O)c1ccc(-c2c(-c3cc(CC)c(O)cc3O)n[nH]c2C(=O)OCC)o1. The molecule has 3 N–H and O–H groups in total. The summed E-state index contributed by atoms with van der Waals surface area (Å²) in [6, 6.07) is 5.71. The Kier molecular flexibility index (Phi) is 6.10. The van der Waals surface area contributed by atoms with Crippen LogP contribution in [0.5, 0.6) is 11.5 Å². The molecule has 158 valence electrons. The van der Waals surface area contributed by atoms with E-state index in [4.69, 9.17) is 13.9 Å². The number of H-pyrrole nitrogens is 1. The first-order valence-electron chi connectivity index (χ1n) is 9.49. The highest BCUT2D eigenvalue weighted by atomic mass is 16.5. The lowest BCUT2D eigenvalue weighted by Gasteiger charge is -2.09. The topological polar surface area (TPSA) is 135 Å². The Balaban J connectivity index is 2.19. The van der Waals surface area contributed by atoms with Gasteiger partial charge in [0.15, 0.2) is 5.69 Å². The molecule has 2 aromatic heterocycles. The van der Waals surface area contributed by atoms with Crippen LogP contribution in [0.2, 0.25) is 0 Å². The number of carbonyl (C=O) groups excluding carboxylic acids is 2. The number of hydrogen-bond acceptors (Lipinski definition) is 8. The Bertz CT molecular complexity index is 1080.